The van der Waals surface area contributed by atoms with Gasteiger partial charge in [0.15, 0.2) is 0 Å². The lowest BCUT2D eigenvalue weighted by atomic mass is 9.76. The maximum atomic E-state index is 13.5. The van der Waals surface area contributed by atoms with Crippen molar-refractivity contribution in [1.29, 1.82) is 0 Å². The van der Waals surface area contributed by atoms with Crippen LogP contribution < -0.4 is 5.32 Å². The van der Waals surface area contributed by atoms with Gasteiger partial charge in [0, 0.05) is 6.04 Å². The Balaban J connectivity index is 1.72. The number of carbonyl (C=O) groups excluding carboxylic acids is 2. The van der Waals surface area contributed by atoms with E-state index in [4.69, 9.17) is 4.74 Å². The number of nitrogens with zero attached hydrogens (tertiary/aromatic N) is 1. The van der Waals surface area contributed by atoms with Gasteiger partial charge in [-0.2, -0.15) is 0 Å². The van der Waals surface area contributed by atoms with Gasteiger partial charge in [0.2, 0.25) is 5.91 Å². The Morgan fingerprint density at radius 3 is 2.53 bits per heavy atom. The van der Waals surface area contributed by atoms with Gasteiger partial charge in [0.05, 0.1) is 12.6 Å². The van der Waals surface area contributed by atoms with Crippen LogP contribution in [0.3, 0.4) is 0 Å². The van der Waals surface area contributed by atoms with Crippen LogP contribution in [0.1, 0.15) is 64.4 Å². The van der Waals surface area contributed by atoms with Gasteiger partial charge >= 0.3 is 11.9 Å². The number of fused-ring (bicyclic) bond motifs is 1. The first-order valence-electron chi connectivity index (χ1n) is 11.9. The monoisotopic (exact) mass is 444 g/mol. The molecule has 1 saturated heterocycles. The summed E-state index contributed by atoms with van der Waals surface area (Å²) in [5.41, 5.74) is 1.11. The van der Waals surface area contributed by atoms with Gasteiger partial charge in [-0.3, -0.25) is 14.9 Å². The summed E-state index contributed by atoms with van der Waals surface area (Å²) in [6.45, 7) is 3.75. The summed E-state index contributed by atoms with van der Waals surface area (Å²) in [6.07, 6.45) is 6.56. The zero-order valence-electron chi connectivity index (χ0n) is 19.2. The largest absolute Gasteiger partial charge is 0.480 e. The zero-order valence-corrected chi connectivity index (χ0v) is 19.2. The maximum absolute atomic E-state index is 13.5. The number of ether oxygens (including phenoxy) is 1. The van der Waals surface area contributed by atoms with Gasteiger partial charge in [0.25, 0.3) is 0 Å². The third kappa shape index (κ3) is 5.88. The third-order valence-electron chi connectivity index (χ3n) is 6.87. The highest BCUT2D eigenvalue weighted by Crippen LogP contribution is 2.38. The van der Waals surface area contributed by atoms with Crippen LogP contribution >= 0.6 is 0 Å². The molecule has 0 aromatic heterocycles. The van der Waals surface area contributed by atoms with Crippen molar-refractivity contribution >= 4 is 17.8 Å². The van der Waals surface area contributed by atoms with Crippen LogP contribution in [0, 0.1) is 5.92 Å². The second-order valence-corrected chi connectivity index (χ2v) is 9.01. The van der Waals surface area contributed by atoms with Crippen molar-refractivity contribution in [2.45, 2.75) is 89.4 Å². The molecular formula is C25H36N2O5. The van der Waals surface area contributed by atoms with Gasteiger partial charge in [0.1, 0.15) is 12.1 Å². The lowest BCUT2D eigenvalue weighted by molar-refractivity contribution is -0.159. The number of carboxylic acid groups (broad SMARTS) is 1. The molecule has 1 saturated carbocycles. The lowest BCUT2D eigenvalue weighted by Crippen LogP contribution is -2.62. The second-order valence-electron chi connectivity index (χ2n) is 9.01. The van der Waals surface area contributed by atoms with E-state index in [1.807, 2.05) is 30.3 Å². The number of likely N-dealkylation sites (tertiary alicyclic amines) is 1. The molecule has 2 aliphatic rings. The fourth-order valence-electron chi connectivity index (χ4n) is 5.26. The topological polar surface area (TPSA) is 95.9 Å². The fraction of sp³-hybridized carbons (Fsp3) is 0.640. The van der Waals surface area contributed by atoms with Gasteiger partial charge in [-0.05, 0) is 63.9 Å². The van der Waals surface area contributed by atoms with Crippen molar-refractivity contribution < 1.29 is 24.2 Å². The molecule has 4 unspecified atom stereocenters. The molecule has 0 radical (unpaired) electrons. The molecule has 7 nitrogen and oxygen atoms in total. The second kappa shape index (κ2) is 11.5. The Hall–Kier alpha value is -2.41. The number of amides is 1. The summed E-state index contributed by atoms with van der Waals surface area (Å²) in [7, 11) is 0. The number of carboxylic acids is 1. The van der Waals surface area contributed by atoms with Crippen molar-refractivity contribution in [3.8, 4) is 0 Å². The van der Waals surface area contributed by atoms with Crippen LogP contribution in [0.15, 0.2) is 30.3 Å². The molecule has 0 spiro atoms. The number of aliphatic carboxylic acids is 1. The van der Waals surface area contributed by atoms with Crippen molar-refractivity contribution in [3.63, 3.8) is 0 Å². The minimum Gasteiger partial charge on any atom is -0.480 e. The predicted octanol–water partition coefficient (Wildman–Crippen LogP) is 3.16. The van der Waals surface area contributed by atoms with Crippen LogP contribution in [-0.2, 0) is 25.5 Å². The number of aryl methyl sites for hydroxylation is 1. The number of hydrogen-bond donors (Lipinski definition) is 2. The minimum absolute atomic E-state index is 0.0271. The molecule has 2 N–H and O–H groups in total. The van der Waals surface area contributed by atoms with Gasteiger partial charge in [-0.25, -0.2) is 4.79 Å². The number of hydrogen-bond acceptors (Lipinski definition) is 5. The van der Waals surface area contributed by atoms with Crippen molar-refractivity contribution in [3.05, 3.63) is 35.9 Å². The van der Waals surface area contributed by atoms with E-state index in [-0.39, 0.29) is 24.5 Å². The normalized spacial score (nSPS) is 24.8. The number of esters is 1. The van der Waals surface area contributed by atoms with Crippen LogP contribution in [0.4, 0.5) is 0 Å². The van der Waals surface area contributed by atoms with E-state index in [9.17, 15) is 19.5 Å². The molecule has 0 bridgehead atoms. The predicted molar refractivity (Wildman–Crippen MR) is 121 cm³/mol. The van der Waals surface area contributed by atoms with Gasteiger partial charge in [-0.1, -0.05) is 43.2 Å². The lowest BCUT2D eigenvalue weighted by Gasteiger charge is -2.48. The molecule has 32 heavy (non-hydrogen) atoms. The molecule has 1 aromatic rings. The quantitative estimate of drug-likeness (QED) is 0.568. The molecule has 3 rings (SSSR count). The summed E-state index contributed by atoms with van der Waals surface area (Å²) >= 11 is 0. The standard InChI is InChI=1S/C25H36N2O5/c1-3-32-25(31)20(15-13-18-9-5-4-6-10-18)26-17(2)23(28)27-21-12-8-7-11-19(21)14-16-22(27)24(29)30/h4-6,9-10,17,19-22,26H,3,7-8,11-16H2,1-2H3,(H,29,30)/t17-,19?,20?,21?,22?/m0/s1. The molecule has 2 fully saturated rings. The third-order valence-corrected chi connectivity index (χ3v) is 6.87. The number of benzene rings is 1. The number of piperidine rings is 1. The molecular weight excluding hydrogens is 408 g/mol. The average molecular weight is 445 g/mol. The van der Waals surface area contributed by atoms with Crippen LogP contribution in [0.2, 0.25) is 0 Å². The summed E-state index contributed by atoms with van der Waals surface area (Å²) < 4.78 is 5.24. The molecule has 1 heterocycles. The molecule has 7 heteroatoms. The first-order chi connectivity index (χ1) is 15.4. The highest BCUT2D eigenvalue weighted by atomic mass is 16.5. The van der Waals surface area contributed by atoms with E-state index < -0.39 is 24.1 Å². The Kier molecular flexibility index (Phi) is 8.67. The SMILES string of the molecule is CCOC(=O)C(CCc1ccccc1)N[C@@H](C)C(=O)N1C(C(=O)O)CCC2CCCCC21. The highest BCUT2D eigenvalue weighted by molar-refractivity contribution is 5.88. The maximum Gasteiger partial charge on any atom is 0.326 e. The summed E-state index contributed by atoms with van der Waals surface area (Å²) in [5.74, 6) is -1.19. The van der Waals surface area contributed by atoms with E-state index in [2.05, 4.69) is 5.32 Å². The summed E-state index contributed by atoms with van der Waals surface area (Å²) in [4.78, 5) is 39.7. The first-order valence-corrected chi connectivity index (χ1v) is 11.9. The van der Waals surface area contributed by atoms with Gasteiger partial charge in [-0.15, -0.1) is 0 Å². The Bertz CT molecular complexity index is 784. The smallest absolute Gasteiger partial charge is 0.326 e. The zero-order chi connectivity index (χ0) is 23.1. The molecule has 1 aliphatic carbocycles. The van der Waals surface area contributed by atoms with Crippen molar-refractivity contribution in [2.75, 3.05) is 6.61 Å². The van der Waals surface area contributed by atoms with Crippen LogP contribution in [-0.4, -0.2) is 58.6 Å². The van der Waals surface area contributed by atoms with Crippen molar-refractivity contribution in [2.24, 2.45) is 5.92 Å². The average Bonchev–Trinajstić information content (AvgIpc) is 2.81. The molecule has 176 valence electrons. The van der Waals surface area contributed by atoms with Gasteiger partial charge < -0.3 is 14.7 Å². The Morgan fingerprint density at radius 1 is 1.12 bits per heavy atom. The number of rotatable bonds is 9. The first kappa shape index (κ1) is 24.2. The molecule has 1 amide bonds. The number of carbonyl (C=O) groups is 3. The Morgan fingerprint density at radius 2 is 1.84 bits per heavy atom. The van der Waals surface area contributed by atoms with E-state index in [1.165, 1.54) is 0 Å². The molecule has 1 aliphatic heterocycles. The van der Waals surface area contributed by atoms with Crippen LogP contribution in [0.25, 0.3) is 0 Å². The van der Waals surface area contributed by atoms with E-state index in [0.29, 0.717) is 25.2 Å². The Labute approximate surface area is 190 Å². The van der Waals surface area contributed by atoms with E-state index >= 15 is 0 Å². The summed E-state index contributed by atoms with van der Waals surface area (Å²) in [5, 5.41) is 13.0. The molecule has 5 atom stereocenters. The summed E-state index contributed by atoms with van der Waals surface area (Å²) in [6, 6.07) is 7.73. The van der Waals surface area contributed by atoms with E-state index in [0.717, 1.165) is 37.7 Å². The van der Waals surface area contributed by atoms with Crippen molar-refractivity contribution in [1.82, 2.24) is 10.2 Å². The van der Waals surface area contributed by atoms with E-state index in [1.54, 1.807) is 18.7 Å². The fourth-order valence-corrected chi connectivity index (χ4v) is 5.26. The highest BCUT2D eigenvalue weighted by Gasteiger charge is 2.45. The van der Waals surface area contributed by atoms with Crippen LogP contribution in [0.5, 0.6) is 0 Å². The molecule has 1 aromatic carbocycles. The minimum atomic E-state index is -0.944. The number of nitrogens with one attached hydrogen (secondary N) is 1.